The second-order valence-corrected chi connectivity index (χ2v) is 3.89. The van der Waals surface area contributed by atoms with Crippen molar-refractivity contribution in [3.8, 4) is 11.3 Å². The molecule has 1 aromatic carbocycles. The Morgan fingerprint density at radius 2 is 2.14 bits per heavy atom. The van der Waals surface area contributed by atoms with E-state index in [1.807, 2.05) is 18.2 Å². The van der Waals surface area contributed by atoms with Gasteiger partial charge in [0, 0.05) is 10.0 Å². The molecule has 2 aromatic rings. The Balaban J connectivity index is 2.44. The number of hydrogen-bond acceptors (Lipinski definition) is 2. The summed E-state index contributed by atoms with van der Waals surface area (Å²) in [5, 5.41) is 0.398. The minimum absolute atomic E-state index is 0.398. The molecule has 0 aliphatic carbocycles. The van der Waals surface area contributed by atoms with Crippen LogP contribution in [0, 0.1) is 6.07 Å². The van der Waals surface area contributed by atoms with Crippen LogP contribution in [0.5, 0.6) is 0 Å². The Bertz CT molecular complexity index is 442. The zero-order chi connectivity index (χ0) is 9.97. The van der Waals surface area contributed by atoms with E-state index in [1.165, 1.54) is 6.20 Å². The van der Waals surface area contributed by atoms with Gasteiger partial charge in [0.25, 0.3) is 0 Å². The van der Waals surface area contributed by atoms with Gasteiger partial charge in [-0.05, 0) is 12.1 Å². The van der Waals surface area contributed by atoms with Crippen molar-refractivity contribution in [3.63, 3.8) is 0 Å². The van der Waals surface area contributed by atoms with Crippen LogP contribution >= 0.6 is 27.5 Å². The molecule has 0 amide bonds. The molecule has 0 fully saturated rings. The molecule has 0 aliphatic heterocycles. The predicted octanol–water partition coefficient (Wildman–Crippen LogP) is 3.36. The first kappa shape index (κ1) is 9.62. The fourth-order valence-electron chi connectivity index (χ4n) is 1.06. The lowest BCUT2D eigenvalue weighted by atomic mass is 10.2. The summed E-state index contributed by atoms with van der Waals surface area (Å²) < 4.78 is 0.895. The van der Waals surface area contributed by atoms with E-state index in [4.69, 9.17) is 11.6 Å². The number of rotatable bonds is 1. The fourth-order valence-corrected chi connectivity index (χ4v) is 1.53. The highest BCUT2D eigenvalue weighted by Crippen LogP contribution is 2.20. The van der Waals surface area contributed by atoms with Gasteiger partial charge in [0.15, 0.2) is 0 Å². The summed E-state index contributed by atoms with van der Waals surface area (Å²) >= 11 is 8.99. The Morgan fingerprint density at radius 3 is 2.79 bits per heavy atom. The van der Waals surface area contributed by atoms with Gasteiger partial charge < -0.3 is 0 Å². The number of benzene rings is 1. The maximum Gasteiger partial charge on any atom is 0.147 e. The fraction of sp³-hybridized carbons (Fsp3) is 0. The quantitative estimate of drug-likeness (QED) is 0.792. The zero-order valence-electron chi connectivity index (χ0n) is 7.04. The van der Waals surface area contributed by atoms with Crippen LogP contribution in [-0.4, -0.2) is 9.97 Å². The molecular formula is C10H5BrClN2. The van der Waals surface area contributed by atoms with E-state index in [0.29, 0.717) is 5.15 Å². The lowest BCUT2D eigenvalue weighted by Crippen LogP contribution is -1.85. The molecule has 0 aliphatic rings. The molecule has 2 nitrogen and oxygen atoms in total. The van der Waals surface area contributed by atoms with Crippen LogP contribution in [0.2, 0.25) is 5.15 Å². The Labute approximate surface area is 95.1 Å². The topological polar surface area (TPSA) is 25.8 Å². The molecule has 0 spiro atoms. The lowest BCUT2D eigenvalue weighted by Gasteiger charge is -1.99. The standard InChI is InChI=1S/C10H5BrClN2/c11-8-3-1-2-7(4-8)9-5-14-10(12)6-13-9/h1-2,4-6H. The first-order valence-corrected chi connectivity index (χ1v) is 5.08. The Kier molecular flexibility index (Phi) is 2.79. The summed E-state index contributed by atoms with van der Waals surface area (Å²) in [6.45, 7) is 0. The van der Waals surface area contributed by atoms with E-state index in [2.05, 4.69) is 32.0 Å². The Hall–Kier alpha value is -0.930. The third-order valence-corrected chi connectivity index (χ3v) is 2.34. The monoisotopic (exact) mass is 267 g/mol. The van der Waals surface area contributed by atoms with E-state index < -0.39 is 0 Å². The second-order valence-electron chi connectivity index (χ2n) is 2.65. The molecule has 69 valence electrons. The van der Waals surface area contributed by atoms with E-state index in [0.717, 1.165) is 15.7 Å². The van der Waals surface area contributed by atoms with Crippen molar-refractivity contribution >= 4 is 27.5 Å². The third kappa shape index (κ3) is 2.11. The molecule has 0 atom stereocenters. The summed E-state index contributed by atoms with van der Waals surface area (Å²) in [7, 11) is 0. The average molecular weight is 269 g/mol. The van der Waals surface area contributed by atoms with Gasteiger partial charge in [-0.2, -0.15) is 0 Å². The predicted molar refractivity (Wildman–Crippen MR) is 59.0 cm³/mol. The van der Waals surface area contributed by atoms with Gasteiger partial charge in [0.2, 0.25) is 0 Å². The molecule has 0 N–H and O–H groups in total. The van der Waals surface area contributed by atoms with Crippen LogP contribution in [0.3, 0.4) is 0 Å². The zero-order valence-corrected chi connectivity index (χ0v) is 9.38. The lowest BCUT2D eigenvalue weighted by molar-refractivity contribution is 1.20. The maximum absolute atomic E-state index is 5.64. The van der Waals surface area contributed by atoms with Gasteiger partial charge in [-0.3, -0.25) is 4.98 Å². The van der Waals surface area contributed by atoms with Crippen LogP contribution in [0.4, 0.5) is 0 Å². The van der Waals surface area contributed by atoms with Crippen molar-refractivity contribution < 1.29 is 0 Å². The number of nitrogens with zero attached hydrogens (tertiary/aromatic N) is 2. The number of halogens is 2. The molecule has 4 heteroatoms. The highest BCUT2D eigenvalue weighted by atomic mass is 79.9. The smallest absolute Gasteiger partial charge is 0.147 e. The van der Waals surface area contributed by atoms with Crippen molar-refractivity contribution in [1.29, 1.82) is 0 Å². The number of aromatic nitrogens is 2. The molecule has 1 radical (unpaired) electrons. The molecule has 2 rings (SSSR count). The first-order valence-electron chi connectivity index (χ1n) is 3.91. The van der Waals surface area contributed by atoms with Crippen molar-refractivity contribution in [2.75, 3.05) is 0 Å². The summed E-state index contributed by atoms with van der Waals surface area (Å²) in [4.78, 5) is 8.12. The maximum atomic E-state index is 5.64. The van der Waals surface area contributed by atoms with Crippen LogP contribution in [0.25, 0.3) is 11.3 Å². The molecule has 1 aromatic heterocycles. The molecule has 1 heterocycles. The van der Waals surface area contributed by atoms with Gasteiger partial charge in [-0.15, -0.1) is 0 Å². The molecule has 0 saturated carbocycles. The largest absolute Gasteiger partial charge is 0.251 e. The molecular weight excluding hydrogens is 263 g/mol. The van der Waals surface area contributed by atoms with Crippen molar-refractivity contribution in [2.45, 2.75) is 0 Å². The summed E-state index contributed by atoms with van der Waals surface area (Å²) in [5.74, 6) is 0. The number of hydrogen-bond donors (Lipinski definition) is 0. The summed E-state index contributed by atoms with van der Waals surface area (Å²) in [5.41, 5.74) is 1.78. The van der Waals surface area contributed by atoms with Crippen molar-refractivity contribution in [2.24, 2.45) is 0 Å². The minimum atomic E-state index is 0.398. The van der Waals surface area contributed by atoms with E-state index in [-0.39, 0.29) is 0 Å². The van der Waals surface area contributed by atoms with Crippen LogP contribution in [0.1, 0.15) is 0 Å². The van der Waals surface area contributed by atoms with Crippen LogP contribution < -0.4 is 0 Å². The van der Waals surface area contributed by atoms with E-state index >= 15 is 0 Å². The summed E-state index contributed by atoms with van der Waals surface area (Å²) in [6.07, 6.45) is 3.17. The normalized spacial score (nSPS) is 10.1. The van der Waals surface area contributed by atoms with Gasteiger partial charge >= 0.3 is 0 Å². The van der Waals surface area contributed by atoms with Crippen molar-refractivity contribution in [1.82, 2.24) is 9.97 Å². The second kappa shape index (κ2) is 4.07. The Morgan fingerprint density at radius 1 is 1.29 bits per heavy atom. The van der Waals surface area contributed by atoms with Gasteiger partial charge in [-0.1, -0.05) is 39.7 Å². The molecule has 0 bridgehead atoms. The van der Waals surface area contributed by atoms with Crippen LogP contribution in [0.15, 0.2) is 35.1 Å². The van der Waals surface area contributed by atoms with Crippen molar-refractivity contribution in [3.05, 3.63) is 46.3 Å². The highest BCUT2D eigenvalue weighted by Gasteiger charge is 1.99. The SMILES string of the molecule is Clc1cnc(-c2cc[c]c(Br)c2)cn1. The molecule has 14 heavy (non-hydrogen) atoms. The minimum Gasteiger partial charge on any atom is -0.251 e. The average Bonchev–Trinajstić information content (AvgIpc) is 2.19. The molecule has 0 unspecified atom stereocenters. The van der Waals surface area contributed by atoms with E-state index in [1.54, 1.807) is 6.20 Å². The third-order valence-electron chi connectivity index (χ3n) is 1.68. The molecule has 0 saturated heterocycles. The van der Waals surface area contributed by atoms with Gasteiger partial charge in [-0.25, -0.2) is 4.98 Å². The van der Waals surface area contributed by atoms with Crippen LogP contribution in [-0.2, 0) is 0 Å². The first-order chi connectivity index (χ1) is 6.75. The van der Waals surface area contributed by atoms with Gasteiger partial charge in [0.1, 0.15) is 5.15 Å². The summed E-state index contributed by atoms with van der Waals surface area (Å²) in [6, 6.07) is 8.67. The van der Waals surface area contributed by atoms with E-state index in [9.17, 15) is 0 Å². The van der Waals surface area contributed by atoms with Gasteiger partial charge in [0.05, 0.1) is 18.1 Å². The highest BCUT2D eigenvalue weighted by molar-refractivity contribution is 9.10.